The van der Waals surface area contributed by atoms with Crippen LogP contribution in [0.4, 0.5) is 4.79 Å². The molecule has 1 aliphatic rings. The van der Waals surface area contributed by atoms with Crippen LogP contribution in [0.25, 0.3) is 0 Å². The Morgan fingerprint density at radius 1 is 1.30 bits per heavy atom. The summed E-state index contributed by atoms with van der Waals surface area (Å²) in [7, 11) is 0. The first-order chi connectivity index (χ1) is 11.0. The summed E-state index contributed by atoms with van der Waals surface area (Å²) in [5.41, 5.74) is 1.11. The molecule has 1 aromatic rings. The van der Waals surface area contributed by atoms with Crippen molar-refractivity contribution in [2.45, 2.75) is 65.3 Å². The Kier molecular flexibility index (Phi) is 6.37. The molecule has 0 bridgehead atoms. The van der Waals surface area contributed by atoms with Crippen molar-refractivity contribution in [3.8, 4) is 0 Å². The number of aromatic nitrogens is 2. The van der Waals surface area contributed by atoms with Crippen LogP contribution >= 0.6 is 0 Å². The van der Waals surface area contributed by atoms with Crippen LogP contribution in [0.15, 0.2) is 12.3 Å². The van der Waals surface area contributed by atoms with Gasteiger partial charge in [0.1, 0.15) is 5.82 Å². The van der Waals surface area contributed by atoms with Gasteiger partial charge in [-0.1, -0.05) is 13.8 Å². The van der Waals surface area contributed by atoms with E-state index in [0.29, 0.717) is 11.8 Å². The minimum atomic E-state index is 0.0820. The van der Waals surface area contributed by atoms with E-state index >= 15 is 0 Å². The smallest absolute Gasteiger partial charge is 0.317 e. The molecule has 2 amide bonds. The zero-order valence-electron chi connectivity index (χ0n) is 14.9. The van der Waals surface area contributed by atoms with Crippen molar-refractivity contribution in [1.29, 1.82) is 0 Å². The molecule has 1 aliphatic heterocycles. The van der Waals surface area contributed by atoms with Crippen molar-refractivity contribution in [3.63, 3.8) is 0 Å². The lowest BCUT2D eigenvalue weighted by molar-refractivity contribution is 0.177. The molecule has 2 rings (SSSR count). The van der Waals surface area contributed by atoms with Gasteiger partial charge in [0.25, 0.3) is 0 Å². The van der Waals surface area contributed by atoms with Gasteiger partial charge in [0.05, 0.1) is 0 Å². The van der Waals surface area contributed by atoms with Crippen LogP contribution in [0.2, 0.25) is 0 Å². The maximum atomic E-state index is 12.3. The molecule has 23 heavy (non-hydrogen) atoms. The zero-order valence-corrected chi connectivity index (χ0v) is 14.9. The second-order valence-corrected chi connectivity index (χ2v) is 7.11. The SMILES string of the molecule is Cc1nccc(C2CCN(C(=O)N[C@H](C)CCC(C)C)CC2)n1. The molecule has 1 N–H and O–H groups in total. The van der Waals surface area contributed by atoms with Crippen LogP contribution in [-0.2, 0) is 0 Å². The first kappa shape index (κ1) is 17.7. The molecule has 0 saturated carbocycles. The third-order valence-electron chi connectivity index (χ3n) is 4.54. The van der Waals surface area contributed by atoms with E-state index in [9.17, 15) is 4.79 Å². The summed E-state index contributed by atoms with van der Waals surface area (Å²) in [5, 5.41) is 3.13. The van der Waals surface area contributed by atoms with Crippen LogP contribution in [0.1, 0.15) is 63.9 Å². The molecule has 5 nitrogen and oxygen atoms in total. The first-order valence-corrected chi connectivity index (χ1v) is 8.80. The standard InChI is InChI=1S/C18H30N4O/c1-13(2)5-6-14(3)20-18(23)22-11-8-16(9-12-22)17-7-10-19-15(4)21-17/h7,10,13-14,16H,5-6,8-9,11-12H2,1-4H3,(H,20,23)/t14-/m1/s1. The number of hydrogen-bond acceptors (Lipinski definition) is 3. The molecule has 0 unspecified atom stereocenters. The fraction of sp³-hybridized carbons (Fsp3) is 0.722. The van der Waals surface area contributed by atoms with E-state index in [-0.39, 0.29) is 12.1 Å². The fourth-order valence-corrected chi connectivity index (χ4v) is 3.04. The number of nitrogens with zero attached hydrogens (tertiary/aromatic N) is 3. The molecule has 0 aromatic carbocycles. The van der Waals surface area contributed by atoms with Crippen molar-refractivity contribution in [2.75, 3.05) is 13.1 Å². The Morgan fingerprint density at radius 3 is 2.61 bits per heavy atom. The van der Waals surface area contributed by atoms with Crippen molar-refractivity contribution in [3.05, 3.63) is 23.8 Å². The zero-order chi connectivity index (χ0) is 16.8. The normalized spacial score (nSPS) is 17.3. The molecule has 1 aromatic heterocycles. The number of nitrogens with one attached hydrogen (secondary N) is 1. The largest absolute Gasteiger partial charge is 0.336 e. The van der Waals surface area contributed by atoms with Crippen LogP contribution < -0.4 is 5.32 Å². The maximum Gasteiger partial charge on any atom is 0.317 e. The number of hydrogen-bond donors (Lipinski definition) is 1. The Balaban J connectivity index is 1.78. The highest BCUT2D eigenvalue weighted by Gasteiger charge is 2.25. The molecular weight excluding hydrogens is 288 g/mol. The summed E-state index contributed by atoms with van der Waals surface area (Å²) in [6.07, 6.45) is 5.97. The van der Waals surface area contributed by atoms with Crippen LogP contribution in [-0.4, -0.2) is 40.0 Å². The molecule has 0 aliphatic carbocycles. The van der Waals surface area contributed by atoms with Gasteiger partial charge in [-0.05, 0) is 51.5 Å². The average Bonchev–Trinajstić information content (AvgIpc) is 2.53. The number of rotatable bonds is 5. The van der Waals surface area contributed by atoms with Gasteiger partial charge in [0.2, 0.25) is 0 Å². The minimum Gasteiger partial charge on any atom is -0.336 e. The predicted octanol–water partition coefficient (Wildman–Crippen LogP) is 3.50. The predicted molar refractivity (Wildman–Crippen MR) is 92.4 cm³/mol. The molecule has 1 fully saturated rings. The molecule has 5 heteroatoms. The van der Waals surface area contributed by atoms with E-state index in [0.717, 1.165) is 50.3 Å². The van der Waals surface area contributed by atoms with Gasteiger partial charge in [0, 0.05) is 36.9 Å². The van der Waals surface area contributed by atoms with Crippen molar-refractivity contribution in [2.24, 2.45) is 5.92 Å². The summed E-state index contributed by atoms with van der Waals surface area (Å²) >= 11 is 0. The Bertz CT molecular complexity index is 509. The molecule has 2 heterocycles. The third-order valence-corrected chi connectivity index (χ3v) is 4.54. The van der Waals surface area contributed by atoms with Gasteiger partial charge < -0.3 is 10.2 Å². The lowest BCUT2D eigenvalue weighted by Crippen LogP contribution is -2.47. The van der Waals surface area contributed by atoms with Gasteiger partial charge in [-0.25, -0.2) is 14.8 Å². The monoisotopic (exact) mass is 318 g/mol. The Hall–Kier alpha value is -1.65. The summed E-state index contributed by atoms with van der Waals surface area (Å²) in [6.45, 7) is 10.1. The van der Waals surface area contributed by atoms with E-state index in [1.165, 1.54) is 0 Å². The van der Waals surface area contributed by atoms with Gasteiger partial charge in [-0.15, -0.1) is 0 Å². The molecule has 1 atom stereocenters. The molecular formula is C18H30N4O. The quantitative estimate of drug-likeness (QED) is 0.904. The second kappa shape index (κ2) is 8.27. The average molecular weight is 318 g/mol. The van der Waals surface area contributed by atoms with Gasteiger partial charge in [-0.3, -0.25) is 0 Å². The topological polar surface area (TPSA) is 58.1 Å². The molecule has 1 saturated heterocycles. The second-order valence-electron chi connectivity index (χ2n) is 7.11. The summed E-state index contributed by atoms with van der Waals surface area (Å²) in [6, 6.07) is 2.33. The Labute approximate surface area is 139 Å². The first-order valence-electron chi connectivity index (χ1n) is 8.80. The number of amides is 2. The molecule has 0 radical (unpaired) electrons. The highest BCUT2D eigenvalue weighted by atomic mass is 16.2. The van der Waals surface area contributed by atoms with E-state index in [1.807, 2.05) is 24.1 Å². The number of aryl methyl sites for hydroxylation is 1. The summed E-state index contributed by atoms with van der Waals surface area (Å²) in [5.74, 6) is 1.95. The number of piperidine rings is 1. The van der Waals surface area contributed by atoms with Crippen molar-refractivity contribution >= 4 is 6.03 Å². The van der Waals surface area contributed by atoms with E-state index in [2.05, 4.69) is 36.1 Å². The van der Waals surface area contributed by atoms with E-state index < -0.39 is 0 Å². The van der Waals surface area contributed by atoms with Crippen LogP contribution in [0.5, 0.6) is 0 Å². The highest BCUT2D eigenvalue weighted by molar-refractivity contribution is 5.74. The number of urea groups is 1. The minimum absolute atomic E-state index is 0.0820. The number of carbonyl (C=O) groups excluding carboxylic acids is 1. The lowest BCUT2D eigenvalue weighted by Gasteiger charge is -2.32. The van der Waals surface area contributed by atoms with Crippen LogP contribution in [0.3, 0.4) is 0 Å². The maximum absolute atomic E-state index is 12.3. The summed E-state index contributed by atoms with van der Waals surface area (Å²) < 4.78 is 0. The number of carbonyl (C=O) groups is 1. The molecule has 128 valence electrons. The van der Waals surface area contributed by atoms with Crippen LogP contribution in [0, 0.1) is 12.8 Å². The Morgan fingerprint density at radius 2 is 2.00 bits per heavy atom. The van der Waals surface area contributed by atoms with Crippen molar-refractivity contribution in [1.82, 2.24) is 20.2 Å². The summed E-state index contributed by atoms with van der Waals surface area (Å²) in [4.78, 5) is 23.0. The van der Waals surface area contributed by atoms with Gasteiger partial charge >= 0.3 is 6.03 Å². The number of likely N-dealkylation sites (tertiary alicyclic amines) is 1. The fourth-order valence-electron chi connectivity index (χ4n) is 3.04. The molecule has 0 spiro atoms. The van der Waals surface area contributed by atoms with Crippen molar-refractivity contribution < 1.29 is 4.79 Å². The van der Waals surface area contributed by atoms with Gasteiger partial charge in [-0.2, -0.15) is 0 Å². The third kappa shape index (κ3) is 5.48. The van der Waals surface area contributed by atoms with Gasteiger partial charge in [0.15, 0.2) is 0 Å². The van der Waals surface area contributed by atoms with E-state index in [4.69, 9.17) is 0 Å². The van der Waals surface area contributed by atoms with E-state index in [1.54, 1.807) is 0 Å². The highest BCUT2D eigenvalue weighted by Crippen LogP contribution is 2.26. The lowest BCUT2D eigenvalue weighted by atomic mass is 9.93.